The van der Waals surface area contributed by atoms with Gasteiger partial charge in [0, 0.05) is 10.4 Å². The lowest BCUT2D eigenvalue weighted by Gasteiger charge is -2.29. The maximum atomic E-state index is 12.9. The molecule has 0 spiro atoms. The lowest BCUT2D eigenvalue weighted by atomic mass is 9.81. The van der Waals surface area contributed by atoms with Crippen LogP contribution in [0.3, 0.4) is 0 Å². The third-order valence-corrected chi connectivity index (χ3v) is 5.95. The number of fused-ring (bicyclic) bond motifs is 1. The van der Waals surface area contributed by atoms with Gasteiger partial charge in [0.25, 0.3) is 0 Å². The fraction of sp³-hybridized carbons (Fsp3) is 0.529. The van der Waals surface area contributed by atoms with Crippen LogP contribution in [-0.2, 0) is 16.6 Å². The first-order valence-electron chi connectivity index (χ1n) is 7.83. The van der Waals surface area contributed by atoms with Crippen molar-refractivity contribution in [3.63, 3.8) is 0 Å². The second kappa shape index (κ2) is 5.95. The summed E-state index contributed by atoms with van der Waals surface area (Å²) >= 11 is 7.77. The van der Waals surface area contributed by atoms with Crippen LogP contribution in [0.5, 0.6) is 0 Å². The first kappa shape index (κ1) is 16.5. The van der Waals surface area contributed by atoms with Crippen molar-refractivity contribution < 1.29 is 9.32 Å². The zero-order valence-electron chi connectivity index (χ0n) is 13.8. The molecule has 1 atom stereocenters. The number of nitrogens with zero attached hydrogens (tertiary/aromatic N) is 1. The molecule has 1 aliphatic carbocycles. The number of carbonyl (C=O) groups excluding carboxylic acids is 1. The molecule has 3 rings (SSSR count). The summed E-state index contributed by atoms with van der Waals surface area (Å²) in [6.07, 6.45) is 3.07. The van der Waals surface area contributed by atoms with Gasteiger partial charge in [-0.25, -0.2) is 0 Å². The van der Waals surface area contributed by atoms with Gasteiger partial charge in [-0.05, 0) is 58.6 Å². The Morgan fingerprint density at radius 3 is 2.87 bits per heavy atom. The molecule has 6 heteroatoms. The van der Waals surface area contributed by atoms with Gasteiger partial charge < -0.3 is 9.84 Å². The summed E-state index contributed by atoms with van der Waals surface area (Å²) < 4.78 is 6.03. The van der Waals surface area contributed by atoms with Crippen molar-refractivity contribution >= 4 is 28.8 Å². The van der Waals surface area contributed by atoms with E-state index in [1.54, 1.807) is 11.3 Å². The molecular formula is C17H21ClN2O2S. The zero-order chi connectivity index (χ0) is 16.8. The SMILES string of the molecule is Cc1noc(C)c1C(C)(C)C(=O)NC1CCCc2sc(Cl)cc21. The number of rotatable bonds is 3. The third-order valence-electron chi connectivity index (χ3n) is 4.62. The fourth-order valence-electron chi connectivity index (χ4n) is 3.50. The largest absolute Gasteiger partial charge is 0.361 e. The van der Waals surface area contributed by atoms with E-state index in [2.05, 4.69) is 10.5 Å². The number of aryl methyl sites for hydroxylation is 3. The summed E-state index contributed by atoms with van der Waals surface area (Å²) in [5.74, 6) is 0.692. The Bertz CT molecular complexity index is 728. The van der Waals surface area contributed by atoms with E-state index in [4.69, 9.17) is 16.1 Å². The fourth-order valence-corrected chi connectivity index (χ4v) is 4.88. The molecule has 0 radical (unpaired) electrons. The van der Waals surface area contributed by atoms with Crippen LogP contribution in [0.4, 0.5) is 0 Å². The number of hydrogen-bond donors (Lipinski definition) is 1. The van der Waals surface area contributed by atoms with Gasteiger partial charge in [0.1, 0.15) is 5.76 Å². The van der Waals surface area contributed by atoms with E-state index in [0.717, 1.165) is 34.9 Å². The number of hydrogen-bond acceptors (Lipinski definition) is 4. The van der Waals surface area contributed by atoms with Crippen LogP contribution >= 0.6 is 22.9 Å². The molecule has 0 aromatic carbocycles. The van der Waals surface area contributed by atoms with Gasteiger partial charge >= 0.3 is 0 Å². The Hall–Kier alpha value is -1.33. The number of thiophene rings is 1. The Balaban J connectivity index is 1.85. The quantitative estimate of drug-likeness (QED) is 0.886. The van der Waals surface area contributed by atoms with Crippen LogP contribution in [0.1, 0.15) is 60.2 Å². The van der Waals surface area contributed by atoms with Gasteiger partial charge in [-0.2, -0.15) is 0 Å². The van der Waals surface area contributed by atoms with Gasteiger partial charge in [0.05, 0.1) is 21.5 Å². The highest BCUT2D eigenvalue weighted by Crippen LogP contribution is 2.39. The van der Waals surface area contributed by atoms with E-state index in [1.807, 2.05) is 33.8 Å². The zero-order valence-corrected chi connectivity index (χ0v) is 15.4. The molecule has 0 bridgehead atoms. The van der Waals surface area contributed by atoms with Crippen molar-refractivity contribution in [3.8, 4) is 0 Å². The normalized spacial score (nSPS) is 17.9. The highest BCUT2D eigenvalue weighted by atomic mass is 35.5. The van der Waals surface area contributed by atoms with Crippen LogP contribution < -0.4 is 5.32 Å². The molecule has 23 heavy (non-hydrogen) atoms. The predicted octanol–water partition coefficient (Wildman–Crippen LogP) is 4.48. The molecule has 0 aliphatic heterocycles. The minimum absolute atomic E-state index is 0.00734. The molecule has 0 saturated heterocycles. The first-order chi connectivity index (χ1) is 10.8. The van der Waals surface area contributed by atoms with Crippen LogP contribution in [0.25, 0.3) is 0 Å². The maximum Gasteiger partial charge on any atom is 0.230 e. The summed E-state index contributed by atoms with van der Waals surface area (Å²) in [5.41, 5.74) is 2.13. The summed E-state index contributed by atoms with van der Waals surface area (Å²) in [7, 11) is 0. The molecule has 1 amide bonds. The molecule has 2 aromatic rings. The molecule has 0 saturated carbocycles. The average Bonchev–Trinajstić information content (AvgIpc) is 3.01. The van der Waals surface area contributed by atoms with Crippen LogP contribution in [0, 0.1) is 13.8 Å². The second-order valence-corrected chi connectivity index (χ2v) is 8.44. The van der Waals surface area contributed by atoms with Gasteiger partial charge in [0.15, 0.2) is 0 Å². The van der Waals surface area contributed by atoms with Crippen molar-refractivity contribution in [3.05, 3.63) is 37.9 Å². The molecule has 124 valence electrons. The van der Waals surface area contributed by atoms with E-state index in [9.17, 15) is 4.79 Å². The topological polar surface area (TPSA) is 55.1 Å². The van der Waals surface area contributed by atoms with E-state index in [0.29, 0.717) is 5.76 Å². The summed E-state index contributed by atoms with van der Waals surface area (Å²) in [6, 6.07) is 2.03. The highest BCUT2D eigenvalue weighted by molar-refractivity contribution is 7.16. The van der Waals surface area contributed by atoms with E-state index in [1.165, 1.54) is 10.4 Å². The van der Waals surface area contributed by atoms with Gasteiger partial charge in [-0.1, -0.05) is 16.8 Å². The Morgan fingerprint density at radius 2 is 2.22 bits per heavy atom. The minimum atomic E-state index is -0.689. The summed E-state index contributed by atoms with van der Waals surface area (Å²) in [4.78, 5) is 14.2. The average molecular weight is 353 g/mol. The number of amides is 1. The van der Waals surface area contributed by atoms with Crippen LogP contribution in [-0.4, -0.2) is 11.1 Å². The van der Waals surface area contributed by atoms with Crippen LogP contribution in [0.2, 0.25) is 4.34 Å². The molecule has 1 unspecified atom stereocenters. The first-order valence-corrected chi connectivity index (χ1v) is 9.02. The van der Waals surface area contributed by atoms with Crippen molar-refractivity contribution in [2.75, 3.05) is 0 Å². The molecule has 4 nitrogen and oxygen atoms in total. The Kier molecular flexibility index (Phi) is 4.27. The molecule has 0 fully saturated rings. The third kappa shape index (κ3) is 2.92. The molecule has 2 heterocycles. The van der Waals surface area contributed by atoms with E-state index in [-0.39, 0.29) is 11.9 Å². The van der Waals surface area contributed by atoms with E-state index >= 15 is 0 Å². The van der Waals surface area contributed by atoms with Gasteiger partial charge in [-0.15, -0.1) is 11.3 Å². The predicted molar refractivity (Wildman–Crippen MR) is 92.2 cm³/mol. The Labute approximate surface area is 145 Å². The minimum Gasteiger partial charge on any atom is -0.361 e. The Morgan fingerprint density at radius 1 is 1.48 bits per heavy atom. The van der Waals surface area contributed by atoms with E-state index < -0.39 is 5.41 Å². The smallest absolute Gasteiger partial charge is 0.230 e. The molecule has 1 N–H and O–H groups in total. The lowest BCUT2D eigenvalue weighted by Crippen LogP contribution is -2.43. The van der Waals surface area contributed by atoms with Crippen LogP contribution in [0.15, 0.2) is 10.6 Å². The number of carbonyl (C=O) groups is 1. The lowest BCUT2D eigenvalue weighted by molar-refractivity contribution is -0.126. The van der Waals surface area contributed by atoms with Gasteiger partial charge in [0.2, 0.25) is 5.91 Å². The summed E-state index contributed by atoms with van der Waals surface area (Å²) in [6.45, 7) is 7.55. The second-order valence-electron chi connectivity index (χ2n) is 6.67. The van der Waals surface area contributed by atoms with Crippen molar-refractivity contribution in [2.45, 2.75) is 58.4 Å². The maximum absolute atomic E-state index is 12.9. The molecule has 1 aliphatic rings. The monoisotopic (exact) mass is 352 g/mol. The van der Waals surface area contributed by atoms with Gasteiger partial charge in [-0.3, -0.25) is 4.79 Å². The molecule has 2 aromatic heterocycles. The number of halogens is 1. The summed E-state index contributed by atoms with van der Waals surface area (Å²) in [5, 5.41) is 7.19. The van der Waals surface area contributed by atoms with Crippen molar-refractivity contribution in [1.29, 1.82) is 0 Å². The number of aromatic nitrogens is 1. The highest BCUT2D eigenvalue weighted by Gasteiger charge is 2.37. The standard InChI is InChI=1S/C17H21ClN2O2S/c1-9-15(10(2)22-20-9)17(3,4)16(21)19-12-6-5-7-13-11(12)8-14(18)23-13/h8,12H,5-7H2,1-4H3,(H,19,21). The number of nitrogens with one attached hydrogen (secondary N) is 1. The molecular weight excluding hydrogens is 332 g/mol. The van der Waals surface area contributed by atoms with Crippen molar-refractivity contribution in [2.24, 2.45) is 0 Å². The van der Waals surface area contributed by atoms with Crippen molar-refractivity contribution in [1.82, 2.24) is 10.5 Å².